The Morgan fingerprint density at radius 3 is 2.78 bits per heavy atom. The van der Waals surface area contributed by atoms with Crippen LogP contribution in [0.4, 0.5) is 0 Å². The molecule has 27 heavy (non-hydrogen) atoms. The fourth-order valence-electron chi connectivity index (χ4n) is 2.54. The molecular formula is C17H16BrN3O5S. The number of aromatic hydroxyl groups is 1. The predicted octanol–water partition coefficient (Wildman–Crippen LogP) is 1.94. The Bertz CT molecular complexity index is 1040. The van der Waals surface area contributed by atoms with Gasteiger partial charge in [0.25, 0.3) is 10.0 Å². The molecule has 0 spiro atoms. The first-order valence-electron chi connectivity index (χ1n) is 7.80. The fraction of sp³-hybridized carbons (Fsp3) is 0.176. The third-order valence-corrected chi connectivity index (χ3v) is 5.75. The molecule has 3 rings (SSSR count). The molecule has 2 aromatic rings. The number of hydrogen-bond donors (Lipinski definition) is 2. The molecule has 0 aromatic heterocycles. The van der Waals surface area contributed by atoms with Crippen LogP contribution in [-0.2, 0) is 10.0 Å². The number of rotatable bonds is 5. The van der Waals surface area contributed by atoms with E-state index in [1.54, 1.807) is 24.3 Å². The summed E-state index contributed by atoms with van der Waals surface area (Å²) in [5.74, 6) is 0.504. The van der Waals surface area contributed by atoms with Crippen molar-refractivity contribution in [1.29, 1.82) is 0 Å². The first-order valence-corrected chi connectivity index (χ1v) is 10.0. The Kier molecular flexibility index (Phi) is 5.49. The van der Waals surface area contributed by atoms with E-state index in [-0.39, 0.29) is 29.6 Å². The standard InChI is InChI=1S/C17H16BrN3O5S/c1-26-15-9-14(23)11(8-13(15)18)10-19-21(6-7-22)17-12-4-2-3-5-16(12)27(24,25)20-17/h2-5,8-10,22-23H,6-7H2,1H3/b19-10-. The molecule has 0 saturated carbocycles. The zero-order valence-electron chi connectivity index (χ0n) is 14.2. The van der Waals surface area contributed by atoms with Crippen LogP contribution in [-0.4, -0.2) is 56.0 Å². The molecular weight excluding hydrogens is 438 g/mol. The number of amidine groups is 1. The molecule has 142 valence electrons. The Labute approximate surface area is 164 Å². The van der Waals surface area contributed by atoms with E-state index in [2.05, 4.69) is 25.4 Å². The lowest BCUT2D eigenvalue weighted by molar-refractivity contribution is 0.254. The highest BCUT2D eigenvalue weighted by Crippen LogP contribution is 2.32. The molecule has 2 aromatic carbocycles. The molecule has 0 saturated heterocycles. The number of halogens is 1. The third kappa shape index (κ3) is 3.82. The molecule has 0 aliphatic carbocycles. The molecule has 2 N–H and O–H groups in total. The van der Waals surface area contributed by atoms with Crippen molar-refractivity contribution in [3.8, 4) is 11.5 Å². The minimum Gasteiger partial charge on any atom is -0.507 e. The number of ether oxygens (including phenoxy) is 1. The van der Waals surface area contributed by atoms with Gasteiger partial charge in [0.15, 0.2) is 5.84 Å². The van der Waals surface area contributed by atoms with E-state index < -0.39 is 10.0 Å². The van der Waals surface area contributed by atoms with Crippen LogP contribution in [0.1, 0.15) is 11.1 Å². The molecule has 0 unspecified atom stereocenters. The molecule has 0 fully saturated rings. The van der Waals surface area contributed by atoms with Gasteiger partial charge in [-0.25, -0.2) is 5.01 Å². The Morgan fingerprint density at radius 2 is 2.07 bits per heavy atom. The summed E-state index contributed by atoms with van der Waals surface area (Å²) >= 11 is 3.33. The summed E-state index contributed by atoms with van der Waals surface area (Å²) in [4.78, 5) is 0.0909. The lowest BCUT2D eigenvalue weighted by Gasteiger charge is -2.17. The van der Waals surface area contributed by atoms with Gasteiger partial charge in [-0.05, 0) is 34.1 Å². The Morgan fingerprint density at radius 1 is 1.33 bits per heavy atom. The second kappa shape index (κ2) is 7.67. The highest BCUT2D eigenvalue weighted by Gasteiger charge is 2.31. The van der Waals surface area contributed by atoms with Crippen LogP contribution in [0.15, 0.2) is 55.3 Å². The van der Waals surface area contributed by atoms with Crippen LogP contribution in [0, 0.1) is 0 Å². The summed E-state index contributed by atoms with van der Waals surface area (Å²) < 4.78 is 34.0. The second-order valence-corrected chi connectivity index (χ2v) is 7.95. The van der Waals surface area contributed by atoms with Gasteiger partial charge in [0.05, 0.1) is 30.9 Å². The molecule has 0 atom stereocenters. The van der Waals surface area contributed by atoms with Crippen LogP contribution in [0.3, 0.4) is 0 Å². The average Bonchev–Trinajstić information content (AvgIpc) is 2.92. The van der Waals surface area contributed by atoms with Crippen LogP contribution >= 0.6 is 15.9 Å². The summed E-state index contributed by atoms with van der Waals surface area (Å²) in [7, 11) is -2.33. The fourth-order valence-corrected chi connectivity index (χ4v) is 4.27. The number of aliphatic hydroxyl groups excluding tert-OH is 1. The quantitative estimate of drug-likeness (QED) is 0.528. The number of phenolic OH excluding ortho intramolecular Hbond substituents is 1. The summed E-state index contributed by atoms with van der Waals surface area (Å²) in [5.41, 5.74) is 0.781. The van der Waals surface area contributed by atoms with Crippen LogP contribution in [0.2, 0.25) is 0 Å². The third-order valence-electron chi connectivity index (χ3n) is 3.81. The van der Waals surface area contributed by atoms with E-state index in [1.807, 2.05) is 0 Å². The van der Waals surface area contributed by atoms with Gasteiger partial charge in [0, 0.05) is 17.2 Å². The number of aliphatic hydroxyl groups is 1. The van der Waals surface area contributed by atoms with Crippen molar-refractivity contribution in [1.82, 2.24) is 5.01 Å². The molecule has 0 bridgehead atoms. The van der Waals surface area contributed by atoms with E-state index in [1.165, 1.54) is 30.5 Å². The van der Waals surface area contributed by atoms with E-state index in [0.29, 0.717) is 21.3 Å². The number of hydrazone groups is 1. The average molecular weight is 454 g/mol. The largest absolute Gasteiger partial charge is 0.507 e. The van der Waals surface area contributed by atoms with E-state index in [4.69, 9.17) is 4.74 Å². The highest BCUT2D eigenvalue weighted by molar-refractivity contribution is 9.10. The molecule has 0 radical (unpaired) electrons. The molecule has 10 heteroatoms. The van der Waals surface area contributed by atoms with Crippen LogP contribution in [0.5, 0.6) is 11.5 Å². The lowest BCUT2D eigenvalue weighted by atomic mass is 10.2. The maximum absolute atomic E-state index is 12.2. The first-order chi connectivity index (χ1) is 12.9. The van der Waals surface area contributed by atoms with E-state index in [0.717, 1.165) is 0 Å². The maximum Gasteiger partial charge on any atom is 0.285 e. The van der Waals surface area contributed by atoms with Gasteiger partial charge < -0.3 is 14.9 Å². The monoisotopic (exact) mass is 453 g/mol. The SMILES string of the molecule is COc1cc(O)c(/C=N\N(CCO)C2=NS(=O)(=O)c3ccccc32)cc1Br. The van der Waals surface area contributed by atoms with Gasteiger partial charge in [0.2, 0.25) is 0 Å². The minimum atomic E-state index is -3.81. The van der Waals surface area contributed by atoms with E-state index >= 15 is 0 Å². The number of fused-ring (bicyclic) bond motifs is 1. The van der Waals surface area contributed by atoms with Crippen molar-refractivity contribution in [2.45, 2.75) is 4.90 Å². The zero-order valence-corrected chi connectivity index (χ0v) is 16.6. The normalized spacial score (nSPS) is 14.9. The summed E-state index contributed by atoms with van der Waals surface area (Å²) in [6.45, 7) is -0.242. The van der Waals surface area contributed by atoms with Crippen LogP contribution < -0.4 is 4.74 Å². The van der Waals surface area contributed by atoms with Gasteiger partial charge in [-0.3, -0.25) is 0 Å². The molecule has 0 amide bonds. The molecule has 1 heterocycles. The highest BCUT2D eigenvalue weighted by atomic mass is 79.9. The zero-order chi connectivity index (χ0) is 19.6. The van der Waals surface area contributed by atoms with Crippen molar-refractivity contribution in [3.63, 3.8) is 0 Å². The molecule has 1 aliphatic heterocycles. The summed E-state index contributed by atoms with van der Waals surface area (Å²) in [6, 6.07) is 9.43. The second-order valence-electron chi connectivity index (χ2n) is 5.52. The van der Waals surface area contributed by atoms with Crippen molar-refractivity contribution in [2.24, 2.45) is 9.50 Å². The van der Waals surface area contributed by atoms with Crippen molar-refractivity contribution in [3.05, 3.63) is 52.0 Å². The Hall–Kier alpha value is -2.43. The molecule has 1 aliphatic rings. The number of sulfonamides is 1. The number of methoxy groups -OCH3 is 1. The summed E-state index contributed by atoms with van der Waals surface area (Å²) in [5, 5.41) is 25.0. The summed E-state index contributed by atoms with van der Waals surface area (Å²) in [6.07, 6.45) is 1.35. The van der Waals surface area contributed by atoms with Crippen molar-refractivity contribution >= 4 is 38.0 Å². The topological polar surface area (TPSA) is 112 Å². The number of nitrogens with zero attached hydrogens (tertiary/aromatic N) is 3. The van der Waals surface area contributed by atoms with Gasteiger partial charge in [-0.1, -0.05) is 12.1 Å². The van der Waals surface area contributed by atoms with Gasteiger partial charge in [0.1, 0.15) is 16.4 Å². The number of phenols is 1. The van der Waals surface area contributed by atoms with Crippen molar-refractivity contribution < 1.29 is 23.4 Å². The van der Waals surface area contributed by atoms with Crippen molar-refractivity contribution in [2.75, 3.05) is 20.3 Å². The van der Waals surface area contributed by atoms with Gasteiger partial charge >= 0.3 is 0 Å². The van der Waals surface area contributed by atoms with Crippen LogP contribution in [0.25, 0.3) is 0 Å². The van der Waals surface area contributed by atoms with Gasteiger partial charge in [-0.2, -0.15) is 13.5 Å². The maximum atomic E-state index is 12.2. The Balaban J connectivity index is 1.99. The molecule has 8 nitrogen and oxygen atoms in total. The van der Waals surface area contributed by atoms with E-state index in [9.17, 15) is 18.6 Å². The number of hydrogen-bond acceptors (Lipinski definition) is 7. The van der Waals surface area contributed by atoms with Gasteiger partial charge in [-0.15, -0.1) is 4.40 Å². The predicted molar refractivity (Wildman–Crippen MR) is 104 cm³/mol. The number of benzene rings is 2. The lowest BCUT2D eigenvalue weighted by Crippen LogP contribution is -2.28. The smallest absolute Gasteiger partial charge is 0.285 e. The minimum absolute atomic E-state index is 0.0251. The first kappa shape index (κ1) is 19.3.